The van der Waals surface area contributed by atoms with Crippen LogP contribution in [0.15, 0.2) is 59.2 Å². The van der Waals surface area contributed by atoms with Gasteiger partial charge in [0.1, 0.15) is 0 Å². The number of hydrogen-bond acceptors (Lipinski definition) is 2. The van der Waals surface area contributed by atoms with Gasteiger partial charge >= 0.3 is 0 Å². The topological polar surface area (TPSA) is 36.1 Å². The molecule has 0 saturated carbocycles. The number of aliphatic imine (C=N–C) groups is 1. The summed E-state index contributed by atoms with van der Waals surface area (Å²) in [7, 11) is 0. The van der Waals surface area contributed by atoms with Crippen LogP contribution < -0.4 is 0 Å². The van der Waals surface area contributed by atoms with Gasteiger partial charge in [-0.05, 0) is 25.3 Å². The molecule has 92 valence electrons. The van der Waals surface area contributed by atoms with Crippen molar-refractivity contribution in [1.82, 2.24) is 0 Å². The fourth-order valence-electron chi connectivity index (χ4n) is 1.92. The predicted molar refractivity (Wildman–Crippen MR) is 76.4 cm³/mol. The highest BCUT2D eigenvalue weighted by atomic mass is 14.6. The van der Waals surface area contributed by atoms with Gasteiger partial charge in [-0.25, -0.2) is 0 Å². The number of rotatable bonds is 5. The molecule has 0 aromatic heterocycles. The molecule has 2 heteroatoms. The van der Waals surface area contributed by atoms with Crippen LogP contribution in [0.2, 0.25) is 0 Å². The molecule has 0 aliphatic carbocycles. The molecular formula is C16H18N2. The first-order valence-corrected chi connectivity index (χ1v) is 5.94. The third kappa shape index (κ3) is 3.71. The van der Waals surface area contributed by atoms with Gasteiger partial charge < -0.3 is 0 Å². The van der Waals surface area contributed by atoms with Gasteiger partial charge in [-0.15, -0.1) is 0 Å². The van der Waals surface area contributed by atoms with Crippen LogP contribution in [-0.4, -0.2) is 6.72 Å². The van der Waals surface area contributed by atoms with Gasteiger partial charge in [0, 0.05) is 12.1 Å². The van der Waals surface area contributed by atoms with E-state index in [1.807, 2.05) is 37.3 Å². The Labute approximate surface area is 109 Å². The molecule has 0 amide bonds. The van der Waals surface area contributed by atoms with Gasteiger partial charge in [0.2, 0.25) is 0 Å². The van der Waals surface area contributed by atoms with Gasteiger partial charge in [-0.1, -0.05) is 48.9 Å². The molecule has 2 nitrogen and oxygen atoms in total. The predicted octanol–water partition coefficient (Wildman–Crippen LogP) is 4.09. The summed E-state index contributed by atoms with van der Waals surface area (Å²) in [6, 6.07) is 12.5. The van der Waals surface area contributed by atoms with Crippen molar-refractivity contribution in [2.24, 2.45) is 10.9 Å². The van der Waals surface area contributed by atoms with Crippen molar-refractivity contribution < 1.29 is 0 Å². The van der Waals surface area contributed by atoms with Crippen molar-refractivity contribution in [1.29, 1.82) is 5.26 Å². The maximum atomic E-state index is 9.33. The van der Waals surface area contributed by atoms with Crippen molar-refractivity contribution in [3.05, 3.63) is 59.8 Å². The van der Waals surface area contributed by atoms with Crippen LogP contribution in [0.25, 0.3) is 0 Å². The van der Waals surface area contributed by atoms with Crippen molar-refractivity contribution >= 4 is 6.72 Å². The van der Waals surface area contributed by atoms with Gasteiger partial charge in [-0.3, -0.25) is 4.99 Å². The second kappa shape index (κ2) is 7.24. The Bertz CT molecular complexity index is 478. The van der Waals surface area contributed by atoms with Crippen LogP contribution in [-0.2, 0) is 0 Å². The average molecular weight is 238 g/mol. The molecule has 1 rings (SSSR count). The number of hydrogen-bond donors (Lipinski definition) is 0. The molecule has 18 heavy (non-hydrogen) atoms. The molecular weight excluding hydrogens is 220 g/mol. The van der Waals surface area contributed by atoms with Crippen LogP contribution in [0.4, 0.5) is 0 Å². The van der Waals surface area contributed by atoms with E-state index in [2.05, 4.69) is 36.8 Å². The minimum atomic E-state index is -0.123. The third-order valence-corrected chi connectivity index (χ3v) is 3.01. The van der Waals surface area contributed by atoms with E-state index < -0.39 is 0 Å². The van der Waals surface area contributed by atoms with Crippen LogP contribution >= 0.6 is 0 Å². The number of nitrogens with zero attached hydrogens (tertiary/aromatic N) is 2. The molecule has 0 spiro atoms. The number of allylic oxidation sites excluding steroid dienone is 3. The van der Waals surface area contributed by atoms with E-state index in [0.717, 1.165) is 5.57 Å². The summed E-state index contributed by atoms with van der Waals surface area (Å²) < 4.78 is 0. The molecule has 0 fully saturated rings. The van der Waals surface area contributed by atoms with E-state index >= 15 is 0 Å². The highest BCUT2D eigenvalue weighted by Crippen LogP contribution is 2.29. The molecule has 0 saturated heterocycles. The van der Waals surface area contributed by atoms with E-state index in [1.165, 1.54) is 5.56 Å². The summed E-state index contributed by atoms with van der Waals surface area (Å²) in [4.78, 5) is 3.64. The van der Waals surface area contributed by atoms with Gasteiger partial charge in [-0.2, -0.15) is 5.26 Å². The molecule has 2 unspecified atom stereocenters. The minimum absolute atomic E-state index is 0.123. The molecule has 1 aromatic carbocycles. The molecule has 0 heterocycles. The standard InChI is InChI=1S/C16H18N2/c1-13(8-7-11-18-3)16(12-17)14(2)15-9-5-4-6-10-15/h4-11,14,16H,3H2,1-2H3. The Hall–Kier alpha value is -2.14. The SMILES string of the molecule is C=NC=CC=C(C)C(C#N)C(C)c1ccccc1. The second-order valence-electron chi connectivity index (χ2n) is 4.24. The third-order valence-electron chi connectivity index (χ3n) is 3.01. The summed E-state index contributed by atoms with van der Waals surface area (Å²) in [6.45, 7) is 7.43. The summed E-state index contributed by atoms with van der Waals surface area (Å²) >= 11 is 0. The quantitative estimate of drug-likeness (QED) is 0.562. The Morgan fingerprint density at radius 2 is 2.06 bits per heavy atom. The van der Waals surface area contributed by atoms with E-state index in [9.17, 15) is 5.26 Å². The lowest BCUT2D eigenvalue weighted by Crippen LogP contribution is -2.09. The van der Waals surface area contributed by atoms with Crippen molar-refractivity contribution in [2.75, 3.05) is 0 Å². The lowest BCUT2D eigenvalue weighted by atomic mass is 9.84. The maximum Gasteiger partial charge on any atom is 0.0738 e. The molecule has 0 radical (unpaired) electrons. The molecule has 0 bridgehead atoms. The first kappa shape index (κ1) is 13.9. The summed E-state index contributed by atoms with van der Waals surface area (Å²) in [5, 5.41) is 9.33. The molecule has 1 aromatic rings. The fraction of sp³-hybridized carbons (Fsp3) is 0.250. The average Bonchev–Trinajstić information content (AvgIpc) is 2.41. The first-order valence-electron chi connectivity index (χ1n) is 5.94. The van der Waals surface area contributed by atoms with E-state index in [4.69, 9.17) is 0 Å². The van der Waals surface area contributed by atoms with Crippen molar-refractivity contribution in [3.63, 3.8) is 0 Å². The Morgan fingerprint density at radius 1 is 1.39 bits per heavy atom. The smallest absolute Gasteiger partial charge is 0.0738 e. The van der Waals surface area contributed by atoms with Gasteiger partial charge in [0.25, 0.3) is 0 Å². The zero-order chi connectivity index (χ0) is 13.4. The van der Waals surface area contributed by atoms with Crippen molar-refractivity contribution in [2.45, 2.75) is 19.8 Å². The first-order chi connectivity index (χ1) is 8.70. The number of nitriles is 1. The maximum absolute atomic E-state index is 9.33. The van der Waals surface area contributed by atoms with E-state index in [0.29, 0.717) is 0 Å². The summed E-state index contributed by atoms with van der Waals surface area (Å²) in [5.74, 6) is 0.0550. The second-order valence-corrected chi connectivity index (χ2v) is 4.24. The summed E-state index contributed by atoms with van der Waals surface area (Å²) in [6.07, 6.45) is 5.34. The summed E-state index contributed by atoms with van der Waals surface area (Å²) in [5.41, 5.74) is 2.22. The van der Waals surface area contributed by atoms with Crippen LogP contribution in [0.5, 0.6) is 0 Å². The monoisotopic (exact) mass is 238 g/mol. The minimum Gasteiger partial charge on any atom is -0.273 e. The largest absolute Gasteiger partial charge is 0.273 e. The van der Waals surface area contributed by atoms with Crippen molar-refractivity contribution in [3.8, 4) is 6.07 Å². The zero-order valence-electron chi connectivity index (χ0n) is 10.9. The fourth-order valence-corrected chi connectivity index (χ4v) is 1.92. The molecule has 2 atom stereocenters. The van der Waals surface area contributed by atoms with E-state index in [-0.39, 0.29) is 11.8 Å². The van der Waals surface area contributed by atoms with Gasteiger partial charge in [0.15, 0.2) is 0 Å². The normalized spacial score (nSPS) is 15.1. The Balaban J connectivity index is 2.91. The van der Waals surface area contributed by atoms with E-state index in [1.54, 1.807) is 6.20 Å². The lowest BCUT2D eigenvalue weighted by Gasteiger charge is -2.18. The molecule has 0 aliphatic heterocycles. The highest BCUT2D eigenvalue weighted by Gasteiger charge is 2.19. The van der Waals surface area contributed by atoms with Crippen LogP contribution in [0, 0.1) is 17.2 Å². The van der Waals surface area contributed by atoms with Crippen LogP contribution in [0.1, 0.15) is 25.3 Å². The Kier molecular flexibility index (Phi) is 5.60. The van der Waals surface area contributed by atoms with Gasteiger partial charge in [0.05, 0.1) is 12.0 Å². The number of benzene rings is 1. The Morgan fingerprint density at radius 3 is 2.61 bits per heavy atom. The lowest BCUT2D eigenvalue weighted by molar-refractivity contribution is 0.627. The van der Waals surface area contributed by atoms with Crippen LogP contribution in [0.3, 0.4) is 0 Å². The molecule has 0 N–H and O–H groups in total. The highest BCUT2D eigenvalue weighted by molar-refractivity contribution is 5.29. The molecule has 0 aliphatic rings. The zero-order valence-corrected chi connectivity index (χ0v) is 10.9.